The molecule has 3 aromatic rings. The smallest absolute Gasteiger partial charge is 0.550 e. The number of nitrogens with one attached hydrogen (secondary N) is 3. The van der Waals surface area contributed by atoms with Gasteiger partial charge in [0.2, 0.25) is 5.95 Å². The van der Waals surface area contributed by atoms with Gasteiger partial charge in [0.05, 0.1) is 5.39 Å². The molecule has 0 unspecified atom stereocenters. The van der Waals surface area contributed by atoms with Crippen molar-refractivity contribution in [3.8, 4) is 0 Å². The third kappa shape index (κ3) is 7.70. The van der Waals surface area contributed by atoms with E-state index in [1.54, 1.807) is 30.5 Å². The minimum absolute atomic E-state index is 0. The van der Waals surface area contributed by atoms with Crippen molar-refractivity contribution in [1.29, 1.82) is 0 Å². The molecule has 2 aromatic heterocycles. The third-order valence-electron chi connectivity index (χ3n) is 4.78. The summed E-state index contributed by atoms with van der Waals surface area (Å²) in [7, 11) is 0. The number of rotatable bonds is 9. The maximum Gasteiger partial charge on any atom is 1.00 e. The largest absolute Gasteiger partial charge is 1.00 e. The van der Waals surface area contributed by atoms with Crippen molar-refractivity contribution in [3.63, 3.8) is 0 Å². The van der Waals surface area contributed by atoms with Crippen LogP contribution in [0.3, 0.4) is 0 Å². The molecule has 1 atom stereocenters. The van der Waals surface area contributed by atoms with Crippen molar-refractivity contribution >= 4 is 34.8 Å². The Balaban J connectivity index is 0.00000272. The third-order valence-corrected chi connectivity index (χ3v) is 4.78. The number of aliphatic carboxylic acids is 2. The van der Waals surface area contributed by atoms with E-state index in [-0.39, 0.29) is 82.6 Å². The number of nitrogen functional groups attached to an aromatic ring is 1. The van der Waals surface area contributed by atoms with E-state index >= 15 is 0 Å². The summed E-state index contributed by atoms with van der Waals surface area (Å²) in [6.07, 6.45) is 2.08. The molecule has 6 N–H and O–H groups in total. The predicted molar refractivity (Wildman–Crippen MR) is 108 cm³/mol. The van der Waals surface area contributed by atoms with Gasteiger partial charge in [-0.3, -0.25) is 14.6 Å². The molecule has 33 heavy (non-hydrogen) atoms. The van der Waals surface area contributed by atoms with E-state index in [1.165, 1.54) is 0 Å². The van der Waals surface area contributed by atoms with Crippen molar-refractivity contribution in [2.45, 2.75) is 31.7 Å². The Morgan fingerprint density at radius 2 is 1.82 bits per heavy atom. The second-order valence-corrected chi connectivity index (χ2v) is 6.96. The Labute approximate surface area is 232 Å². The summed E-state index contributed by atoms with van der Waals surface area (Å²) in [6, 6.07) is 5.22. The van der Waals surface area contributed by atoms with Gasteiger partial charge in [-0.1, -0.05) is 12.1 Å². The number of aromatic nitrogens is 3. The number of aromatic amines is 2. The second kappa shape index (κ2) is 12.9. The number of carboxylic acids is 2. The normalized spacial score (nSPS) is 11.2. The number of H-pyrrole nitrogens is 2. The minimum atomic E-state index is -1.39. The Morgan fingerprint density at radius 1 is 1.15 bits per heavy atom. The van der Waals surface area contributed by atoms with Crippen molar-refractivity contribution in [2.75, 3.05) is 5.73 Å². The Bertz CT molecular complexity index is 1190. The van der Waals surface area contributed by atoms with Crippen LogP contribution >= 0.6 is 0 Å². The Hall–Kier alpha value is -2.15. The summed E-state index contributed by atoms with van der Waals surface area (Å²) in [6.45, 7) is 0. The number of fused-ring (bicyclic) bond motifs is 1. The number of hydrogen-bond acceptors (Lipinski definition) is 7. The molecule has 0 aliphatic carbocycles. The molecule has 0 aliphatic rings. The van der Waals surface area contributed by atoms with Crippen LogP contribution in [0.5, 0.6) is 0 Å². The van der Waals surface area contributed by atoms with Crippen LogP contribution in [0, 0.1) is 0 Å². The molecule has 0 radical (unpaired) electrons. The van der Waals surface area contributed by atoms with E-state index in [0.29, 0.717) is 23.9 Å². The first-order chi connectivity index (χ1) is 14.7. The van der Waals surface area contributed by atoms with E-state index in [0.717, 1.165) is 11.1 Å². The van der Waals surface area contributed by atoms with Gasteiger partial charge in [0.25, 0.3) is 11.5 Å². The number of nitrogens with zero attached hydrogens (tertiary/aromatic N) is 1. The van der Waals surface area contributed by atoms with Crippen molar-refractivity contribution in [1.82, 2.24) is 20.3 Å². The molecule has 0 saturated heterocycles. The minimum Gasteiger partial charge on any atom is -0.550 e. The number of carboxylic acid groups (broad SMARTS) is 2. The van der Waals surface area contributed by atoms with Crippen molar-refractivity contribution in [3.05, 3.63) is 57.5 Å². The van der Waals surface area contributed by atoms with Crippen LogP contribution < -0.4 is 80.8 Å². The fraction of sp³-hybridized carbons (Fsp3) is 0.250. The Kier molecular flexibility index (Phi) is 11.3. The van der Waals surface area contributed by atoms with Crippen molar-refractivity contribution in [2.24, 2.45) is 0 Å². The first-order valence-corrected chi connectivity index (χ1v) is 9.43. The monoisotopic (exact) mass is 472 g/mol. The van der Waals surface area contributed by atoms with Gasteiger partial charge in [0.15, 0.2) is 0 Å². The number of benzene rings is 1. The summed E-state index contributed by atoms with van der Waals surface area (Å²) in [5, 5.41) is 22.4. The zero-order valence-electron chi connectivity index (χ0n) is 18.3. The first kappa shape index (κ1) is 28.9. The van der Waals surface area contributed by atoms with Crippen LogP contribution in [-0.2, 0) is 22.4 Å². The molecule has 2 heterocycles. The molecule has 0 saturated carbocycles. The second-order valence-electron chi connectivity index (χ2n) is 6.96. The first-order valence-electron chi connectivity index (χ1n) is 9.43. The van der Waals surface area contributed by atoms with Crippen LogP contribution in [0.4, 0.5) is 5.95 Å². The molecule has 3 rings (SSSR count). The molecular formula is C20H20N5Na2O6+. The van der Waals surface area contributed by atoms with Crippen molar-refractivity contribution < 1.29 is 83.7 Å². The van der Waals surface area contributed by atoms with Gasteiger partial charge in [0.1, 0.15) is 11.7 Å². The topological polar surface area (TPSA) is 194 Å². The quantitative estimate of drug-likeness (QED) is 0.190. The summed E-state index contributed by atoms with van der Waals surface area (Å²) in [4.78, 5) is 55.5. The SMILES string of the molecule is Nc1nc2[nH]cc(CCc3ccc(C(=O)N[C@@H](CCC(=O)[O-])C(=O)O)cc3)c2c(=O)[nH]1.[Na+].[Na+]. The molecule has 0 spiro atoms. The maximum atomic E-state index is 12.3. The zero-order chi connectivity index (χ0) is 22.5. The molecule has 162 valence electrons. The van der Waals surface area contributed by atoms with Gasteiger partial charge in [-0.15, -0.1) is 0 Å². The van der Waals surface area contributed by atoms with E-state index in [4.69, 9.17) is 10.8 Å². The van der Waals surface area contributed by atoms with E-state index in [1.807, 2.05) is 0 Å². The average Bonchev–Trinajstić information content (AvgIpc) is 3.12. The number of amides is 1. The van der Waals surface area contributed by atoms with Gasteiger partial charge < -0.3 is 31.0 Å². The maximum absolute atomic E-state index is 12.3. The average molecular weight is 472 g/mol. The van der Waals surface area contributed by atoms with Gasteiger partial charge in [0, 0.05) is 17.7 Å². The van der Waals surface area contributed by atoms with E-state index in [9.17, 15) is 24.3 Å². The molecular weight excluding hydrogens is 452 g/mol. The van der Waals surface area contributed by atoms with Gasteiger partial charge in [-0.05, 0) is 48.9 Å². The van der Waals surface area contributed by atoms with Gasteiger partial charge in [-0.2, -0.15) is 4.98 Å². The molecule has 0 aliphatic heterocycles. The summed E-state index contributed by atoms with van der Waals surface area (Å²) in [5.74, 6) is -3.30. The number of hydrogen-bond donors (Lipinski definition) is 5. The molecule has 0 fully saturated rings. The fourth-order valence-corrected chi connectivity index (χ4v) is 3.18. The molecule has 1 aromatic carbocycles. The van der Waals surface area contributed by atoms with Crippen LogP contribution in [0.1, 0.15) is 34.3 Å². The Morgan fingerprint density at radius 3 is 2.42 bits per heavy atom. The predicted octanol–water partition coefficient (Wildman–Crippen LogP) is -6.66. The standard InChI is InChI=1S/C20H21N5O6.2Na/c21-20-24-16-15(18(29)25-20)12(9-22-16)6-3-10-1-4-11(5-2-10)17(28)23-13(19(30)31)7-8-14(26)27;;/h1-2,4-5,9,13H,3,6-8H2,(H,23,28)(H,26,27)(H,30,31)(H4,21,22,24,25,29);;/q;2*+1/p-1/t13-;;/m0../s1. The summed E-state index contributed by atoms with van der Waals surface area (Å²) < 4.78 is 0. The van der Waals surface area contributed by atoms with E-state index in [2.05, 4.69) is 20.3 Å². The van der Waals surface area contributed by atoms with Gasteiger partial charge >= 0.3 is 65.1 Å². The van der Waals surface area contributed by atoms with Gasteiger partial charge in [-0.25, -0.2) is 4.79 Å². The number of nitrogens with two attached hydrogens (primary N) is 1. The van der Waals surface area contributed by atoms with Crippen LogP contribution in [0.15, 0.2) is 35.3 Å². The van der Waals surface area contributed by atoms with Crippen LogP contribution in [0.2, 0.25) is 0 Å². The number of aryl methyl sites for hydroxylation is 2. The summed E-state index contributed by atoms with van der Waals surface area (Å²) >= 11 is 0. The van der Waals surface area contributed by atoms with E-state index < -0.39 is 30.3 Å². The molecule has 13 heteroatoms. The zero-order valence-corrected chi connectivity index (χ0v) is 22.3. The molecule has 0 bridgehead atoms. The van der Waals surface area contributed by atoms with Crippen LogP contribution in [0.25, 0.3) is 11.0 Å². The van der Waals surface area contributed by atoms with Crippen LogP contribution in [-0.4, -0.2) is 43.9 Å². The number of carbonyl (C=O) groups is 3. The number of carbonyl (C=O) groups excluding carboxylic acids is 2. The molecule has 1 amide bonds. The number of anilines is 1. The molecule has 11 nitrogen and oxygen atoms in total. The fourth-order valence-electron chi connectivity index (χ4n) is 3.18. The summed E-state index contributed by atoms with van der Waals surface area (Å²) in [5.41, 5.74) is 7.55.